The molecule has 1 rings (SSSR count). The van der Waals surface area contributed by atoms with Crippen molar-refractivity contribution in [2.45, 2.75) is 13.8 Å². The summed E-state index contributed by atoms with van der Waals surface area (Å²) in [5.74, 6) is 0.00169. The quantitative estimate of drug-likeness (QED) is 0.729. The second kappa shape index (κ2) is 5.44. The van der Waals surface area contributed by atoms with Crippen LogP contribution < -0.4 is 5.32 Å². The van der Waals surface area contributed by atoms with E-state index in [1.807, 2.05) is 32.3 Å². The van der Waals surface area contributed by atoms with Gasteiger partial charge in [0.25, 0.3) is 0 Å². The lowest BCUT2D eigenvalue weighted by Gasteiger charge is -2.18. The van der Waals surface area contributed by atoms with Crippen LogP contribution in [-0.2, 0) is 9.53 Å². The van der Waals surface area contributed by atoms with Gasteiger partial charge < -0.3 is 15.0 Å². The van der Waals surface area contributed by atoms with Gasteiger partial charge in [-0.1, -0.05) is 13.8 Å². The first-order chi connectivity index (χ1) is 7.15. The van der Waals surface area contributed by atoms with Crippen LogP contribution in [0, 0.1) is 11.8 Å². The third-order valence-electron chi connectivity index (χ3n) is 2.43. The number of esters is 1. The maximum atomic E-state index is 11.4. The molecule has 1 unspecified atom stereocenters. The minimum atomic E-state index is -0.159. The SMILES string of the molecule is COC(=O)C(CNc1cc[nH]c1)C(C)C. The highest BCUT2D eigenvalue weighted by molar-refractivity contribution is 5.73. The van der Waals surface area contributed by atoms with Crippen molar-refractivity contribution in [3.8, 4) is 0 Å². The lowest BCUT2D eigenvalue weighted by atomic mass is 9.96. The molecule has 0 aliphatic rings. The molecular weight excluding hydrogens is 192 g/mol. The molecule has 4 heteroatoms. The molecular formula is C11H18N2O2. The summed E-state index contributed by atoms with van der Waals surface area (Å²) in [6, 6.07) is 1.93. The van der Waals surface area contributed by atoms with Gasteiger partial charge in [-0.15, -0.1) is 0 Å². The molecule has 84 valence electrons. The van der Waals surface area contributed by atoms with Gasteiger partial charge in [0.2, 0.25) is 0 Å². The van der Waals surface area contributed by atoms with Gasteiger partial charge in [-0.2, -0.15) is 0 Å². The van der Waals surface area contributed by atoms with E-state index in [2.05, 4.69) is 10.3 Å². The first kappa shape index (κ1) is 11.6. The molecule has 1 aromatic rings. The molecule has 0 bridgehead atoms. The lowest BCUT2D eigenvalue weighted by molar-refractivity contribution is -0.146. The van der Waals surface area contributed by atoms with Gasteiger partial charge in [-0.3, -0.25) is 4.79 Å². The fraction of sp³-hybridized carbons (Fsp3) is 0.545. The van der Waals surface area contributed by atoms with Crippen LogP contribution in [-0.4, -0.2) is 24.6 Å². The number of carbonyl (C=O) groups is 1. The van der Waals surface area contributed by atoms with E-state index < -0.39 is 0 Å². The summed E-state index contributed by atoms with van der Waals surface area (Å²) in [6.45, 7) is 4.63. The van der Waals surface area contributed by atoms with Crippen molar-refractivity contribution in [2.75, 3.05) is 19.0 Å². The van der Waals surface area contributed by atoms with Crippen LogP contribution in [0.4, 0.5) is 5.69 Å². The Morgan fingerprint density at radius 1 is 1.60 bits per heavy atom. The van der Waals surface area contributed by atoms with E-state index in [1.54, 1.807) is 0 Å². The van der Waals surface area contributed by atoms with Crippen molar-refractivity contribution in [3.05, 3.63) is 18.5 Å². The van der Waals surface area contributed by atoms with Crippen molar-refractivity contribution in [2.24, 2.45) is 11.8 Å². The van der Waals surface area contributed by atoms with E-state index in [4.69, 9.17) is 4.74 Å². The van der Waals surface area contributed by atoms with Crippen molar-refractivity contribution < 1.29 is 9.53 Å². The molecule has 0 saturated heterocycles. The van der Waals surface area contributed by atoms with E-state index in [9.17, 15) is 4.79 Å². The Balaban J connectivity index is 2.49. The largest absolute Gasteiger partial charge is 0.469 e. The first-order valence-electron chi connectivity index (χ1n) is 5.09. The summed E-state index contributed by atoms with van der Waals surface area (Å²) >= 11 is 0. The maximum Gasteiger partial charge on any atom is 0.310 e. The predicted molar refractivity (Wildman–Crippen MR) is 59.6 cm³/mol. The highest BCUT2D eigenvalue weighted by Gasteiger charge is 2.22. The van der Waals surface area contributed by atoms with Crippen molar-refractivity contribution in [3.63, 3.8) is 0 Å². The number of H-pyrrole nitrogens is 1. The van der Waals surface area contributed by atoms with E-state index in [-0.39, 0.29) is 17.8 Å². The van der Waals surface area contributed by atoms with Crippen LogP contribution in [0.15, 0.2) is 18.5 Å². The molecule has 0 aliphatic heterocycles. The summed E-state index contributed by atoms with van der Waals surface area (Å²) in [7, 11) is 1.42. The Hall–Kier alpha value is -1.45. The normalized spacial score (nSPS) is 12.5. The topological polar surface area (TPSA) is 54.1 Å². The molecule has 15 heavy (non-hydrogen) atoms. The van der Waals surface area contributed by atoms with Crippen molar-refractivity contribution in [1.29, 1.82) is 0 Å². The zero-order valence-electron chi connectivity index (χ0n) is 9.41. The maximum absolute atomic E-state index is 11.4. The Morgan fingerprint density at radius 2 is 2.33 bits per heavy atom. The fourth-order valence-electron chi connectivity index (χ4n) is 1.40. The molecule has 0 aliphatic carbocycles. The Morgan fingerprint density at radius 3 is 2.80 bits per heavy atom. The Labute approximate surface area is 90.0 Å². The molecule has 1 aromatic heterocycles. The number of aromatic amines is 1. The minimum Gasteiger partial charge on any atom is -0.469 e. The third kappa shape index (κ3) is 3.31. The number of carbonyl (C=O) groups excluding carboxylic acids is 1. The predicted octanol–water partition coefficient (Wildman–Crippen LogP) is 1.87. The second-order valence-electron chi connectivity index (χ2n) is 3.85. The highest BCUT2D eigenvalue weighted by Crippen LogP contribution is 2.14. The van der Waals surface area contributed by atoms with Gasteiger partial charge in [0, 0.05) is 18.9 Å². The number of rotatable bonds is 5. The van der Waals surface area contributed by atoms with Crippen LogP contribution in [0.25, 0.3) is 0 Å². The summed E-state index contributed by atoms with van der Waals surface area (Å²) in [6.07, 6.45) is 3.69. The zero-order valence-corrected chi connectivity index (χ0v) is 9.41. The summed E-state index contributed by atoms with van der Waals surface area (Å²) in [4.78, 5) is 14.4. The highest BCUT2D eigenvalue weighted by atomic mass is 16.5. The van der Waals surface area contributed by atoms with Gasteiger partial charge in [0.05, 0.1) is 18.7 Å². The average molecular weight is 210 g/mol. The molecule has 0 radical (unpaired) electrons. The zero-order chi connectivity index (χ0) is 11.3. The monoisotopic (exact) mass is 210 g/mol. The number of methoxy groups -OCH3 is 1. The van der Waals surface area contributed by atoms with Crippen LogP contribution in [0.2, 0.25) is 0 Å². The van der Waals surface area contributed by atoms with E-state index >= 15 is 0 Å². The molecule has 0 fully saturated rings. The van der Waals surface area contributed by atoms with Gasteiger partial charge in [-0.05, 0) is 12.0 Å². The van der Waals surface area contributed by atoms with E-state index in [1.165, 1.54) is 7.11 Å². The van der Waals surface area contributed by atoms with Gasteiger partial charge in [-0.25, -0.2) is 0 Å². The number of aromatic nitrogens is 1. The van der Waals surface area contributed by atoms with E-state index in [0.717, 1.165) is 5.69 Å². The summed E-state index contributed by atoms with van der Waals surface area (Å²) < 4.78 is 4.76. The van der Waals surface area contributed by atoms with Gasteiger partial charge in [0.1, 0.15) is 0 Å². The molecule has 1 heterocycles. The summed E-state index contributed by atoms with van der Waals surface area (Å²) in [5.41, 5.74) is 0.990. The molecule has 4 nitrogen and oxygen atoms in total. The Kier molecular flexibility index (Phi) is 4.21. The minimum absolute atomic E-state index is 0.107. The smallest absolute Gasteiger partial charge is 0.310 e. The average Bonchev–Trinajstić information content (AvgIpc) is 2.70. The molecule has 1 atom stereocenters. The Bertz CT molecular complexity index is 294. The van der Waals surface area contributed by atoms with Crippen LogP contribution >= 0.6 is 0 Å². The summed E-state index contributed by atoms with van der Waals surface area (Å²) in [5, 5.41) is 3.19. The van der Waals surface area contributed by atoms with Crippen LogP contribution in [0.1, 0.15) is 13.8 Å². The standard InChI is InChI=1S/C11H18N2O2/c1-8(2)10(11(14)15-3)7-13-9-4-5-12-6-9/h4-6,8,10,12-13H,7H2,1-3H3. The van der Waals surface area contributed by atoms with Crippen LogP contribution in [0.3, 0.4) is 0 Å². The first-order valence-corrected chi connectivity index (χ1v) is 5.09. The van der Waals surface area contributed by atoms with Gasteiger partial charge >= 0.3 is 5.97 Å². The number of hydrogen-bond acceptors (Lipinski definition) is 3. The van der Waals surface area contributed by atoms with Crippen molar-refractivity contribution >= 4 is 11.7 Å². The molecule has 2 N–H and O–H groups in total. The van der Waals surface area contributed by atoms with Crippen molar-refractivity contribution in [1.82, 2.24) is 4.98 Å². The van der Waals surface area contributed by atoms with Crippen LogP contribution in [0.5, 0.6) is 0 Å². The molecule has 0 amide bonds. The van der Waals surface area contributed by atoms with Gasteiger partial charge in [0.15, 0.2) is 0 Å². The molecule has 0 saturated carbocycles. The lowest BCUT2D eigenvalue weighted by Crippen LogP contribution is -2.28. The molecule has 0 aromatic carbocycles. The van der Waals surface area contributed by atoms with E-state index in [0.29, 0.717) is 6.54 Å². The number of hydrogen-bond donors (Lipinski definition) is 2. The number of nitrogens with one attached hydrogen (secondary N) is 2. The number of anilines is 1. The fourth-order valence-corrected chi connectivity index (χ4v) is 1.40. The number of ether oxygens (including phenoxy) is 1. The third-order valence-corrected chi connectivity index (χ3v) is 2.43. The second-order valence-corrected chi connectivity index (χ2v) is 3.85. The molecule has 0 spiro atoms.